The van der Waals surface area contributed by atoms with Crippen molar-refractivity contribution < 1.29 is 9.53 Å². The third kappa shape index (κ3) is 3.27. The van der Waals surface area contributed by atoms with Crippen LogP contribution in [0.25, 0.3) is 0 Å². The first-order chi connectivity index (χ1) is 9.40. The minimum Gasteiger partial charge on any atom is -0.457 e. The summed E-state index contributed by atoms with van der Waals surface area (Å²) in [5.41, 5.74) is 3.03. The lowest BCUT2D eigenvalue weighted by atomic mass is 9.87. The Bertz CT molecular complexity index is 604. The molecule has 0 fully saturated rings. The van der Waals surface area contributed by atoms with E-state index in [0.29, 0.717) is 5.56 Å². The van der Waals surface area contributed by atoms with Gasteiger partial charge in [0.1, 0.15) is 17.8 Å². The Morgan fingerprint density at radius 3 is 2.15 bits per heavy atom. The predicted molar refractivity (Wildman–Crippen MR) is 81.8 cm³/mol. The number of aryl methyl sites for hydroxylation is 1. The molecule has 0 aliphatic carbocycles. The van der Waals surface area contributed by atoms with Gasteiger partial charge in [0, 0.05) is 5.56 Å². The molecule has 2 heteroatoms. The Kier molecular flexibility index (Phi) is 3.93. The van der Waals surface area contributed by atoms with E-state index in [-0.39, 0.29) is 5.41 Å². The van der Waals surface area contributed by atoms with E-state index in [9.17, 15) is 4.79 Å². The van der Waals surface area contributed by atoms with Crippen LogP contribution in [0.3, 0.4) is 0 Å². The molecule has 0 radical (unpaired) electrons. The van der Waals surface area contributed by atoms with E-state index in [2.05, 4.69) is 32.9 Å². The molecule has 0 bridgehead atoms. The average Bonchev–Trinajstić information content (AvgIpc) is 2.40. The highest BCUT2D eigenvalue weighted by Gasteiger charge is 2.13. The van der Waals surface area contributed by atoms with Crippen LogP contribution in [-0.2, 0) is 5.41 Å². The van der Waals surface area contributed by atoms with Crippen molar-refractivity contribution in [1.29, 1.82) is 0 Å². The number of rotatable bonds is 3. The second-order valence-corrected chi connectivity index (χ2v) is 6.02. The van der Waals surface area contributed by atoms with Gasteiger partial charge in [-0.05, 0) is 53.8 Å². The molecule has 0 spiro atoms. The molecule has 0 amide bonds. The minimum atomic E-state index is 0.139. The van der Waals surface area contributed by atoms with E-state index >= 15 is 0 Å². The smallest absolute Gasteiger partial charge is 0.150 e. The van der Waals surface area contributed by atoms with Crippen molar-refractivity contribution in [1.82, 2.24) is 0 Å². The standard InChI is InChI=1S/C18H20O2/c1-13-11-14(12-19)5-10-17(13)20-16-8-6-15(7-9-16)18(2,3)4/h5-12H,1-4H3. The van der Waals surface area contributed by atoms with E-state index in [1.165, 1.54) is 5.56 Å². The molecule has 0 unspecified atom stereocenters. The summed E-state index contributed by atoms with van der Waals surface area (Å²) in [6.45, 7) is 8.49. The summed E-state index contributed by atoms with van der Waals surface area (Å²) >= 11 is 0. The van der Waals surface area contributed by atoms with Crippen molar-refractivity contribution >= 4 is 6.29 Å². The largest absolute Gasteiger partial charge is 0.457 e. The maximum absolute atomic E-state index is 10.7. The maximum atomic E-state index is 10.7. The lowest BCUT2D eigenvalue weighted by molar-refractivity contribution is 0.112. The van der Waals surface area contributed by atoms with E-state index in [0.717, 1.165) is 23.3 Å². The third-order valence-electron chi connectivity index (χ3n) is 3.28. The number of aldehydes is 1. The second-order valence-electron chi connectivity index (χ2n) is 6.02. The van der Waals surface area contributed by atoms with Crippen molar-refractivity contribution in [2.24, 2.45) is 0 Å². The molecular formula is C18H20O2. The monoisotopic (exact) mass is 268 g/mol. The van der Waals surface area contributed by atoms with Crippen molar-refractivity contribution in [3.8, 4) is 11.5 Å². The molecule has 0 aromatic heterocycles. The molecule has 104 valence electrons. The first kappa shape index (κ1) is 14.3. The molecule has 0 heterocycles. The number of hydrogen-bond acceptors (Lipinski definition) is 2. The van der Waals surface area contributed by atoms with Crippen molar-refractivity contribution in [2.75, 3.05) is 0 Å². The van der Waals surface area contributed by atoms with E-state index < -0.39 is 0 Å². The number of hydrogen-bond donors (Lipinski definition) is 0. The average molecular weight is 268 g/mol. The summed E-state index contributed by atoms with van der Waals surface area (Å²) in [4.78, 5) is 10.7. The van der Waals surface area contributed by atoms with Crippen LogP contribution in [0.2, 0.25) is 0 Å². The Morgan fingerprint density at radius 1 is 1.00 bits per heavy atom. The van der Waals surface area contributed by atoms with Gasteiger partial charge in [-0.25, -0.2) is 0 Å². The van der Waals surface area contributed by atoms with Crippen LogP contribution in [0.5, 0.6) is 11.5 Å². The van der Waals surface area contributed by atoms with Gasteiger partial charge in [0.15, 0.2) is 0 Å². The zero-order valence-electron chi connectivity index (χ0n) is 12.4. The third-order valence-corrected chi connectivity index (χ3v) is 3.28. The van der Waals surface area contributed by atoms with Crippen LogP contribution in [0, 0.1) is 6.92 Å². The van der Waals surface area contributed by atoms with Gasteiger partial charge in [0.25, 0.3) is 0 Å². The first-order valence-corrected chi connectivity index (χ1v) is 6.74. The van der Waals surface area contributed by atoms with Crippen molar-refractivity contribution in [3.63, 3.8) is 0 Å². The van der Waals surface area contributed by atoms with Crippen molar-refractivity contribution in [3.05, 3.63) is 59.2 Å². The fraction of sp³-hybridized carbons (Fsp3) is 0.278. The maximum Gasteiger partial charge on any atom is 0.150 e. The predicted octanol–water partition coefficient (Wildman–Crippen LogP) is 4.90. The molecule has 0 saturated carbocycles. The Hall–Kier alpha value is -2.09. The number of carbonyl (C=O) groups is 1. The van der Waals surface area contributed by atoms with Gasteiger partial charge in [-0.3, -0.25) is 4.79 Å². The Labute approximate surface area is 120 Å². The lowest BCUT2D eigenvalue weighted by Gasteiger charge is -2.19. The van der Waals surface area contributed by atoms with E-state index in [4.69, 9.17) is 4.74 Å². The summed E-state index contributed by atoms with van der Waals surface area (Å²) in [7, 11) is 0. The van der Waals surface area contributed by atoms with Gasteiger partial charge in [-0.15, -0.1) is 0 Å². The molecule has 2 aromatic carbocycles. The number of benzene rings is 2. The van der Waals surface area contributed by atoms with E-state index in [1.54, 1.807) is 6.07 Å². The van der Waals surface area contributed by atoms with Gasteiger partial charge in [0.05, 0.1) is 0 Å². The summed E-state index contributed by atoms with van der Waals surface area (Å²) in [5, 5.41) is 0. The Balaban J connectivity index is 2.20. The number of ether oxygens (including phenoxy) is 1. The van der Waals surface area contributed by atoms with Crippen LogP contribution in [0.15, 0.2) is 42.5 Å². The van der Waals surface area contributed by atoms with E-state index in [1.807, 2.05) is 31.2 Å². The Morgan fingerprint density at radius 2 is 1.65 bits per heavy atom. The SMILES string of the molecule is Cc1cc(C=O)ccc1Oc1ccc(C(C)(C)C)cc1. The molecular weight excluding hydrogens is 248 g/mol. The summed E-state index contributed by atoms with van der Waals surface area (Å²) in [5.74, 6) is 1.58. The highest BCUT2D eigenvalue weighted by molar-refractivity contribution is 5.75. The number of carbonyl (C=O) groups excluding carboxylic acids is 1. The summed E-state index contributed by atoms with van der Waals surface area (Å²) in [6.07, 6.45) is 0.842. The van der Waals surface area contributed by atoms with Crippen LogP contribution in [0.1, 0.15) is 42.3 Å². The van der Waals surface area contributed by atoms with Gasteiger partial charge < -0.3 is 4.74 Å². The molecule has 2 rings (SSSR count). The van der Waals surface area contributed by atoms with Gasteiger partial charge in [0.2, 0.25) is 0 Å². The normalized spacial score (nSPS) is 11.2. The van der Waals surface area contributed by atoms with Gasteiger partial charge >= 0.3 is 0 Å². The molecule has 0 N–H and O–H groups in total. The summed E-state index contributed by atoms with van der Waals surface area (Å²) < 4.78 is 5.86. The molecule has 0 saturated heterocycles. The molecule has 2 aromatic rings. The highest BCUT2D eigenvalue weighted by Crippen LogP contribution is 2.28. The zero-order chi connectivity index (χ0) is 14.8. The fourth-order valence-corrected chi connectivity index (χ4v) is 2.01. The highest BCUT2D eigenvalue weighted by atomic mass is 16.5. The van der Waals surface area contributed by atoms with Gasteiger partial charge in [-0.2, -0.15) is 0 Å². The minimum absolute atomic E-state index is 0.139. The second kappa shape index (κ2) is 5.49. The molecule has 20 heavy (non-hydrogen) atoms. The van der Waals surface area contributed by atoms with Crippen LogP contribution < -0.4 is 4.74 Å². The summed E-state index contributed by atoms with van der Waals surface area (Å²) in [6, 6.07) is 13.6. The van der Waals surface area contributed by atoms with Gasteiger partial charge in [-0.1, -0.05) is 32.9 Å². The van der Waals surface area contributed by atoms with Crippen LogP contribution in [-0.4, -0.2) is 6.29 Å². The first-order valence-electron chi connectivity index (χ1n) is 6.74. The topological polar surface area (TPSA) is 26.3 Å². The van der Waals surface area contributed by atoms with Crippen LogP contribution in [0.4, 0.5) is 0 Å². The van der Waals surface area contributed by atoms with Crippen molar-refractivity contribution in [2.45, 2.75) is 33.1 Å². The molecule has 2 nitrogen and oxygen atoms in total. The lowest BCUT2D eigenvalue weighted by Crippen LogP contribution is -2.10. The van der Waals surface area contributed by atoms with Crippen LogP contribution >= 0.6 is 0 Å². The quantitative estimate of drug-likeness (QED) is 0.740. The fourth-order valence-electron chi connectivity index (χ4n) is 2.01. The molecule has 0 aliphatic heterocycles. The zero-order valence-corrected chi connectivity index (χ0v) is 12.4. The molecule has 0 aliphatic rings. The molecule has 0 atom stereocenters.